The summed E-state index contributed by atoms with van der Waals surface area (Å²) >= 11 is 5.86. The number of rotatable bonds is 4. The van der Waals surface area contributed by atoms with E-state index in [1.165, 1.54) is 6.07 Å². The zero-order valence-corrected chi connectivity index (χ0v) is 11.4. The van der Waals surface area contributed by atoms with Gasteiger partial charge in [-0.25, -0.2) is 4.39 Å². The van der Waals surface area contributed by atoms with Crippen LogP contribution in [-0.2, 0) is 6.54 Å². The maximum Gasteiger partial charge on any atom is 0.142 e. The van der Waals surface area contributed by atoms with Crippen LogP contribution in [0.1, 0.15) is 33.3 Å². The summed E-state index contributed by atoms with van der Waals surface area (Å²) in [5, 5.41) is 13.3. The van der Waals surface area contributed by atoms with Gasteiger partial charge in [-0.1, -0.05) is 23.7 Å². The molecule has 1 aromatic rings. The van der Waals surface area contributed by atoms with Gasteiger partial charge in [0.05, 0.1) is 10.6 Å². The number of hydrogen-bond donors (Lipinski definition) is 2. The second-order valence-electron chi connectivity index (χ2n) is 5.25. The van der Waals surface area contributed by atoms with Gasteiger partial charge >= 0.3 is 0 Å². The third kappa shape index (κ3) is 3.41. The first kappa shape index (κ1) is 14.4. The minimum absolute atomic E-state index is 0.131. The molecule has 4 heteroatoms. The molecule has 1 rings (SSSR count). The molecule has 0 aromatic heterocycles. The van der Waals surface area contributed by atoms with Crippen LogP contribution in [0.5, 0.6) is 0 Å². The monoisotopic (exact) mass is 259 g/mol. The van der Waals surface area contributed by atoms with Gasteiger partial charge < -0.3 is 10.4 Å². The Labute approximate surface area is 107 Å². The molecular formula is C13H19ClFNO. The lowest BCUT2D eigenvalue weighted by molar-refractivity contribution is -0.00532. The lowest BCUT2D eigenvalue weighted by atomic mass is 9.86. The quantitative estimate of drug-likeness (QED) is 0.871. The van der Waals surface area contributed by atoms with Crippen molar-refractivity contribution < 1.29 is 9.50 Å². The smallest absolute Gasteiger partial charge is 0.142 e. The van der Waals surface area contributed by atoms with Gasteiger partial charge in [0, 0.05) is 12.1 Å². The van der Waals surface area contributed by atoms with E-state index in [2.05, 4.69) is 5.32 Å². The standard InChI is InChI=1S/C13H19ClFNO/c1-12(2,13(3,4)17)16-8-9-6-5-7-10(15)11(9)14/h5-7,16-17H,8H2,1-4H3. The molecule has 2 nitrogen and oxygen atoms in total. The zero-order chi connectivity index (χ0) is 13.3. The highest BCUT2D eigenvalue weighted by Gasteiger charge is 2.34. The highest BCUT2D eigenvalue weighted by atomic mass is 35.5. The molecule has 0 radical (unpaired) electrons. The normalized spacial score (nSPS) is 12.9. The maximum absolute atomic E-state index is 13.2. The lowest BCUT2D eigenvalue weighted by Gasteiger charge is -2.38. The third-order valence-corrected chi connectivity index (χ3v) is 3.71. The fourth-order valence-electron chi connectivity index (χ4n) is 1.22. The van der Waals surface area contributed by atoms with Crippen molar-refractivity contribution in [2.45, 2.75) is 45.4 Å². The Morgan fingerprint density at radius 2 is 1.88 bits per heavy atom. The average molecular weight is 260 g/mol. The fourth-order valence-corrected chi connectivity index (χ4v) is 1.41. The van der Waals surface area contributed by atoms with E-state index in [9.17, 15) is 9.50 Å². The number of aliphatic hydroxyl groups is 1. The number of nitrogens with one attached hydrogen (secondary N) is 1. The van der Waals surface area contributed by atoms with E-state index in [1.807, 2.05) is 13.8 Å². The first-order valence-electron chi connectivity index (χ1n) is 5.55. The molecule has 96 valence electrons. The SMILES string of the molecule is CC(C)(O)C(C)(C)NCc1cccc(F)c1Cl. The number of benzene rings is 1. The summed E-state index contributed by atoms with van der Waals surface area (Å²) in [6, 6.07) is 4.71. The molecule has 17 heavy (non-hydrogen) atoms. The van der Waals surface area contributed by atoms with E-state index < -0.39 is 17.0 Å². The third-order valence-electron chi connectivity index (χ3n) is 3.28. The van der Waals surface area contributed by atoms with Crippen molar-refractivity contribution in [1.82, 2.24) is 5.32 Å². The molecule has 0 aliphatic heterocycles. The molecule has 0 amide bonds. The van der Waals surface area contributed by atoms with Crippen molar-refractivity contribution in [1.29, 1.82) is 0 Å². The van der Waals surface area contributed by atoms with Crippen LogP contribution in [0.15, 0.2) is 18.2 Å². The van der Waals surface area contributed by atoms with Gasteiger partial charge in [-0.3, -0.25) is 0 Å². The van der Waals surface area contributed by atoms with Crippen LogP contribution in [0.3, 0.4) is 0 Å². The Kier molecular flexibility index (Phi) is 4.18. The van der Waals surface area contributed by atoms with Crippen molar-refractivity contribution in [3.63, 3.8) is 0 Å². The van der Waals surface area contributed by atoms with Crippen molar-refractivity contribution in [2.75, 3.05) is 0 Å². The molecule has 0 heterocycles. The van der Waals surface area contributed by atoms with E-state index in [4.69, 9.17) is 11.6 Å². The Balaban J connectivity index is 2.78. The van der Waals surface area contributed by atoms with Crippen molar-refractivity contribution >= 4 is 11.6 Å². The summed E-state index contributed by atoms with van der Waals surface area (Å²) in [5.74, 6) is -0.424. The van der Waals surface area contributed by atoms with E-state index in [0.29, 0.717) is 12.1 Å². The summed E-state index contributed by atoms with van der Waals surface area (Å²) < 4.78 is 13.2. The Morgan fingerprint density at radius 1 is 1.29 bits per heavy atom. The van der Waals surface area contributed by atoms with Crippen LogP contribution in [0.25, 0.3) is 0 Å². The fraction of sp³-hybridized carbons (Fsp3) is 0.538. The Hall–Kier alpha value is -0.640. The predicted octanol–water partition coefficient (Wildman–Crippen LogP) is 3.12. The second kappa shape index (κ2) is 4.92. The summed E-state index contributed by atoms with van der Waals surface area (Å²) in [5.41, 5.74) is -0.695. The molecule has 0 aliphatic rings. The van der Waals surface area contributed by atoms with Gasteiger partial charge in [-0.05, 0) is 39.3 Å². The molecule has 0 aliphatic carbocycles. The summed E-state index contributed by atoms with van der Waals surface area (Å²) in [6.45, 7) is 7.65. The second-order valence-corrected chi connectivity index (χ2v) is 5.63. The molecule has 0 fully saturated rings. The molecular weight excluding hydrogens is 241 g/mol. The van der Waals surface area contributed by atoms with E-state index in [1.54, 1.807) is 26.0 Å². The number of hydrogen-bond acceptors (Lipinski definition) is 2. The summed E-state index contributed by atoms with van der Waals surface area (Å²) in [4.78, 5) is 0. The van der Waals surface area contributed by atoms with E-state index >= 15 is 0 Å². The maximum atomic E-state index is 13.2. The van der Waals surface area contributed by atoms with Gasteiger partial charge in [0.15, 0.2) is 0 Å². The van der Waals surface area contributed by atoms with Crippen LogP contribution >= 0.6 is 11.6 Å². The Bertz CT molecular complexity index is 399. The molecule has 1 aromatic carbocycles. The molecule has 0 atom stereocenters. The molecule has 0 spiro atoms. The molecule has 0 unspecified atom stereocenters. The minimum atomic E-state index is -0.882. The summed E-state index contributed by atoms with van der Waals surface area (Å²) in [7, 11) is 0. The van der Waals surface area contributed by atoms with Crippen LogP contribution in [0.2, 0.25) is 5.02 Å². The van der Waals surface area contributed by atoms with Gasteiger partial charge in [-0.15, -0.1) is 0 Å². The first-order valence-corrected chi connectivity index (χ1v) is 5.93. The lowest BCUT2D eigenvalue weighted by Crippen LogP contribution is -2.55. The predicted molar refractivity (Wildman–Crippen MR) is 68.6 cm³/mol. The van der Waals surface area contributed by atoms with Gasteiger partial charge in [0.25, 0.3) is 0 Å². The average Bonchev–Trinajstić information content (AvgIpc) is 2.18. The topological polar surface area (TPSA) is 32.3 Å². The summed E-state index contributed by atoms with van der Waals surface area (Å²) in [6.07, 6.45) is 0. The highest BCUT2D eigenvalue weighted by molar-refractivity contribution is 6.31. The van der Waals surface area contributed by atoms with Crippen LogP contribution in [0.4, 0.5) is 4.39 Å². The van der Waals surface area contributed by atoms with Crippen molar-refractivity contribution in [3.8, 4) is 0 Å². The van der Waals surface area contributed by atoms with Crippen molar-refractivity contribution in [2.24, 2.45) is 0 Å². The van der Waals surface area contributed by atoms with E-state index in [0.717, 1.165) is 0 Å². The van der Waals surface area contributed by atoms with Gasteiger partial charge in [0.1, 0.15) is 5.82 Å². The first-order chi connectivity index (χ1) is 7.65. The zero-order valence-electron chi connectivity index (χ0n) is 10.6. The molecule has 0 saturated carbocycles. The molecule has 0 saturated heterocycles. The minimum Gasteiger partial charge on any atom is -0.389 e. The van der Waals surface area contributed by atoms with Crippen LogP contribution in [0, 0.1) is 5.82 Å². The van der Waals surface area contributed by atoms with Gasteiger partial charge in [0.2, 0.25) is 0 Å². The van der Waals surface area contributed by atoms with Crippen LogP contribution in [-0.4, -0.2) is 16.2 Å². The molecule has 0 bridgehead atoms. The van der Waals surface area contributed by atoms with Crippen molar-refractivity contribution in [3.05, 3.63) is 34.6 Å². The Morgan fingerprint density at radius 3 is 2.41 bits per heavy atom. The molecule has 2 N–H and O–H groups in total. The van der Waals surface area contributed by atoms with Gasteiger partial charge in [-0.2, -0.15) is 0 Å². The largest absolute Gasteiger partial charge is 0.389 e. The highest BCUT2D eigenvalue weighted by Crippen LogP contribution is 2.23. The van der Waals surface area contributed by atoms with E-state index in [-0.39, 0.29) is 5.02 Å². The number of halogens is 2. The van der Waals surface area contributed by atoms with Crippen LogP contribution < -0.4 is 5.32 Å².